The number of aromatic nitrogens is 2. The summed E-state index contributed by atoms with van der Waals surface area (Å²) in [6, 6.07) is 11.9. The Morgan fingerprint density at radius 1 is 1.25 bits per heavy atom. The van der Waals surface area contributed by atoms with Crippen LogP contribution in [0.25, 0.3) is 0 Å². The number of thiazole rings is 1. The minimum Gasteiger partial charge on any atom is -0.334 e. The number of rotatable bonds is 5. The third kappa shape index (κ3) is 4.20. The fourth-order valence-electron chi connectivity index (χ4n) is 3.48. The molecule has 0 spiro atoms. The zero-order valence-corrected chi connectivity index (χ0v) is 16.4. The molecule has 4 rings (SSSR count). The van der Waals surface area contributed by atoms with Crippen molar-refractivity contribution in [2.75, 3.05) is 11.9 Å². The number of pyridine rings is 1. The maximum absolute atomic E-state index is 13.1. The quantitative estimate of drug-likeness (QED) is 0.683. The molecule has 3 aromatic rings. The molecule has 0 unspecified atom stereocenters. The number of likely N-dealkylation sites (tertiary alicyclic amines) is 1. The predicted octanol–water partition coefficient (Wildman–Crippen LogP) is 4.64. The summed E-state index contributed by atoms with van der Waals surface area (Å²) in [6.07, 6.45) is 2.11. The van der Waals surface area contributed by atoms with E-state index >= 15 is 0 Å². The van der Waals surface area contributed by atoms with E-state index in [4.69, 9.17) is 4.98 Å². The number of hydrogen-bond acceptors (Lipinski definition) is 5. The monoisotopic (exact) mass is 396 g/mol. The lowest BCUT2D eigenvalue weighted by atomic mass is 10.1. The van der Waals surface area contributed by atoms with Crippen molar-refractivity contribution in [3.8, 4) is 0 Å². The summed E-state index contributed by atoms with van der Waals surface area (Å²) in [4.78, 5) is 23.9. The molecule has 7 heteroatoms. The third-order valence-corrected chi connectivity index (χ3v) is 5.68. The Kier molecular flexibility index (Phi) is 5.34. The van der Waals surface area contributed by atoms with Crippen molar-refractivity contribution >= 4 is 28.2 Å². The Morgan fingerprint density at radius 2 is 2.07 bits per heavy atom. The van der Waals surface area contributed by atoms with E-state index < -0.39 is 0 Å². The van der Waals surface area contributed by atoms with E-state index in [-0.39, 0.29) is 24.2 Å². The van der Waals surface area contributed by atoms with Crippen molar-refractivity contribution in [3.63, 3.8) is 0 Å². The number of amides is 1. The molecule has 3 heterocycles. The first kappa shape index (κ1) is 18.6. The highest BCUT2D eigenvalue weighted by Gasteiger charge is 2.30. The Morgan fingerprint density at radius 3 is 2.82 bits per heavy atom. The van der Waals surface area contributed by atoms with Crippen LogP contribution in [0.5, 0.6) is 0 Å². The highest BCUT2D eigenvalue weighted by molar-refractivity contribution is 7.13. The van der Waals surface area contributed by atoms with Gasteiger partial charge in [-0.2, -0.15) is 0 Å². The molecule has 0 radical (unpaired) electrons. The maximum atomic E-state index is 13.1. The van der Waals surface area contributed by atoms with E-state index in [9.17, 15) is 9.18 Å². The van der Waals surface area contributed by atoms with E-state index in [0.717, 1.165) is 47.3 Å². The van der Waals surface area contributed by atoms with Crippen molar-refractivity contribution in [1.29, 1.82) is 0 Å². The van der Waals surface area contributed by atoms with Crippen LogP contribution in [0, 0.1) is 12.7 Å². The number of carbonyl (C=O) groups is 1. The summed E-state index contributed by atoms with van der Waals surface area (Å²) in [5, 5.41) is 6.02. The van der Waals surface area contributed by atoms with E-state index in [2.05, 4.69) is 10.3 Å². The number of benzene rings is 1. The summed E-state index contributed by atoms with van der Waals surface area (Å²) in [5.74, 6) is 0.480. The SMILES string of the molecule is Cc1csc(Nc2cccc([C@@H]3CCCN3C(=O)Cc3ccc(F)cc3)n2)n1. The highest BCUT2D eigenvalue weighted by Crippen LogP contribution is 2.32. The zero-order valence-electron chi connectivity index (χ0n) is 15.6. The van der Waals surface area contributed by atoms with Crippen LogP contribution in [-0.4, -0.2) is 27.3 Å². The molecule has 1 amide bonds. The van der Waals surface area contributed by atoms with Gasteiger partial charge in [0.1, 0.15) is 11.6 Å². The average molecular weight is 396 g/mol. The molecule has 28 heavy (non-hydrogen) atoms. The van der Waals surface area contributed by atoms with Crippen molar-refractivity contribution in [1.82, 2.24) is 14.9 Å². The second-order valence-corrected chi connectivity index (χ2v) is 7.77. The number of carbonyl (C=O) groups excluding carboxylic acids is 1. The second-order valence-electron chi connectivity index (χ2n) is 6.92. The summed E-state index contributed by atoms with van der Waals surface area (Å²) in [6.45, 7) is 2.67. The topological polar surface area (TPSA) is 58.1 Å². The molecular weight excluding hydrogens is 375 g/mol. The van der Waals surface area contributed by atoms with Gasteiger partial charge in [0.15, 0.2) is 5.13 Å². The van der Waals surface area contributed by atoms with Gasteiger partial charge in [0.2, 0.25) is 5.91 Å². The van der Waals surface area contributed by atoms with Gasteiger partial charge < -0.3 is 10.2 Å². The molecule has 0 bridgehead atoms. The number of aryl methyl sites for hydroxylation is 1. The van der Waals surface area contributed by atoms with Crippen LogP contribution in [0.3, 0.4) is 0 Å². The maximum Gasteiger partial charge on any atom is 0.227 e. The van der Waals surface area contributed by atoms with Gasteiger partial charge in [0.25, 0.3) is 0 Å². The van der Waals surface area contributed by atoms with Crippen LogP contribution in [0.15, 0.2) is 47.8 Å². The molecule has 1 aliphatic rings. The zero-order chi connectivity index (χ0) is 19.5. The molecule has 1 aromatic carbocycles. The second kappa shape index (κ2) is 8.06. The first-order valence-corrected chi connectivity index (χ1v) is 10.2. The van der Waals surface area contributed by atoms with Gasteiger partial charge in [-0.25, -0.2) is 14.4 Å². The van der Waals surface area contributed by atoms with Crippen LogP contribution in [0.1, 0.15) is 35.8 Å². The molecule has 2 aromatic heterocycles. The van der Waals surface area contributed by atoms with Gasteiger partial charge in [0, 0.05) is 11.9 Å². The fourth-order valence-corrected chi connectivity index (χ4v) is 4.17. The van der Waals surface area contributed by atoms with E-state index in [1.54, 1.807) is 12.1 Å². The minimum absolute atomic E-state index is 0.0345. The van der Waals surface area contributed by atoms with Crippen LogP contribution in [0.2, 0.25) is 0 Å². The first-order chi connectivity index (χ1) is 13.6. The van der Waals surface area contributed by atoms with E-state index in [1.165, 1.54) is 23.5 Å². The molecule has 1 atom stereocenters. The molecule has 1 saturated heterocycles. The summed E-state index contributed by atoms with van der Waals surface area (Å²) < 4.78 is 13.1. The summed E-state index contributed by atoms with van der Waals surface area (Å²) in [5.41, 5.74) is 2.67. The first-order valence-electron chi connectivity index (χ1n) is 9.28. The fraction of sp³-hybridized carbons (Fsp3) is 0.286. The van der Waals surface area contributed by atoms with Gasteiger partial charge >= 0.3 is 0 Å². The van der Waals surface area contributed by atoms with Crippen LogP contribution >= 0.6 is 11.3 Å². The van der Waals surface area contributed by atoms with Gasteiger partial charge in [-0.05, 0) is 49.6 Å². The lowest BCUT2D eigenvalue weighted by molar-refractivity contribution is -0.131. The molecule has 1 N–H and O–H groups in total. The average Bonchev–Trinajstić information content (AvgIpc) is 3.33. The number of hydrogen-bond donors (Lipinski definition) is 1. The highest BCUT2D eigenvalue weighted by atomic mass is 32.1. The van der Waals surface area contributed by atoms with Gasteiger partial charge in [0.05, 0.1) is 23.9 Å². The minimum atomic E-state index is -0.292. The van der Waals surface area contributed by atoms with E-state index in [0.29, 0.717) is 0 Å². The molecule has 144 valence electrons. The Balaban J connectivity index is 1.48. The summed E-state index contributed by atoms with van der Waals surface area (Å²) >= 11 is 1.54. The Hall–Kier alpha value is -2.80. The summed E-state index contributed by atoms with van der Waals surface area (Å²) in [7, 11) is 0. The van der Waals surface area contributed by atoms with Crippen molar-refractivity contribution in [3.05, 3.63) is 70.6 Å². The number of nitrogens with one attached hydrogen (secondary N) is 1. The van der Waals surface area contributed by atoms with E-state index in [1.807, 2.05) is 35.4 Å². The molecular formula is C21H21FN4OS. The smallest absolute Gasteiger partial charge is 0.227 e. The molecule has 1 fully saturated rings. The molecule has 0 saturated carbocycles. The number of nitrogens with zero attached hydrogens (tertiary/aromatic N) is 3. The molecule has 1 aliphatic heterocycles. The van der Waals surface area contributed by atoms with Gasteiger partial charge in [-0.1, -0.05) is 18.2 Å². The lowest BCUT2D eigenvalue weighted by Gasteiger charge is -2.25. The molecule has 0 aliphatic carbocycles. The number of halogens is 1. The Bertz CT molecular complexity index is 973. The van der Waals surface area contributed by atoms with Crippen molar-refractivity contribution in [2.24, 2.45) is 0 Å². The molecule has 5 nitrogen and oxygen atoms in total. The largest absolute Gasteiger partial charge is 0.334 e. The van der Waals surface area contributed by atoms with Gasteiger partial charge in [-0.3, -0.25) is 4.79 Å². The van der Waals surface area contributed by atoms with Gasteiger partial charge in [-0.15, -0.1) is 11.3 Å². The van der Waals surface area contributed by atoms with Crippen LogP contribution in [0.4, 0.5) is 15.3 Å². The van der Waals surface area contributed by atoms with Crippen LogP contribution < -0.4 is 5.32 Å². The normalized spacial score (nSPS) is 16.4. The lowest BCUT2D eigenvalue weighted by Crippen LogP contribution is -2.32. The van der Waals surface area contributed by atoms with Crippen molar-refractivity contribution < 1.29 is 9.18 Å². The number of anilines is 2. The van der Waals surface area contributed by atoms with Crippen molar-refractivity contribution in [2.45, 2.75) is 32.2 Å². The predicted molar refractivity (Wildman–Crippen MR) is 108 cm³/mol. The van der Waals surface area contributed by atoms with Crippen LogP contribution in [-0.2, 0) is 11.2 Å². The standard InChI is InChI=1S/C21H21FN4OS/c1-14-13-28-21(23-14)25-19-6-2-4-17(24-19)18-5-3-11-26(18)20(27)12-15-7-9-16(22)10-8-15/h2,4,6-10,13,18H,3,5,11-12H2,1H3,(H,23,24,25)/t18-/m0/s1. The third-order valence-electron chi connectivity index (χ3n) is 4.81. The Labute approximate surface area is 167 Å².